The second-order valence-electron chi connectivity index (χ2n) is 7.65. The van der Waals surface area contributed by atoms with Crippen LogP contribution in [0.25, 0.3) is 0 Å². The molecule has 1 unspecified atom stereocenters. The number of H-pyrrole nitrogens is 1. The molecule has 0 amide bonds. The van der Waals surface area contributed by atoms with Gasteiger partial charge in [-0.3, -0.25) is 5.10 Å². The quantitative estimate of drug-likeness (QED) is 0.549. The lowest BCUT2D eigenvalue weighted by molar-refractivity contribution is 0.105. The molecule has 29 heavy (non-hydrogen) atoms. The lowest BCUT2D eigenvalue weighted by Crippen LogP contribution is -2.04. The third kappa shape index (κ3) is 4.24. The van der Waals surface area contributed by atoms with Gasteiger partial charge in [0, 0.05) is 36.5 Å². The van der Waals surface area contributed by atoms with Gasteiger partial charge in [0.05, 0.1) is 6.54 Å². The van der Waals surface area contributed by atoms with Gasteiger partial charge in [0.1, 0.15) is 17.6 Å². The van der Waals surface area contributed by atoms with Crippen molar-refractivity contribution in [2.75, 3.05) is 17.2 Å². The summed E-state index contributed by atoms with van der Waals surface area (Å²) in [6, 6.07) is 5.82. The molecule has 1 saturated heterocycles. The van der Waals surface area contributed by atoms with Crippen LogP contribution >= 0.6 is 0 Å². The standard InChI is InChI=1S/C20H25N7O2/c1-2-5-13(4-1)15-11-19(26-25-15)23-18-7-8-21-20(24-18)22-12-14-10-16(27-29-14)17-6-3-9-28-17/h7-8,10-11,13,17H,1-6,9,12H2,(H3,21,22,23,24,25,26). The zero-order valence-corrected chi connectivity index (χ0v) is 16.2. The van der Waals surface area contributed by atoms with Crippen LogP contribution in [0.4, 0.5) is 17.6 Å². The molecule has 152 valence electrons. The second kappa shape index (κ2) is 8.20. The number of nitrogens with one attached hydrogen (secondary N) is 3. The van der Waals surface area contributed by atoms with Gasteiger partial charge in [-0.25, -0.2) is 4.98 Å². The van der Waals surface area contributed by atoms with Crippen molar-refractivity contribution in [1.29, 1.82) is 0 Å². The average Bonchev–Trinajstić information content (AvgIpc) is 3.54. The van der Waals surface area contributed by atoms with Gasteiger partial charge in [-0.05, 0) is 31.7 Å². The van der Waals surface area contributed by atoms with Crippen LogP contribution in [0, 0.1) is 0 Å². The maximum absolute atomic E-state index is 5.64. The molecule has 1 atom stereocenters. The highest BCUT2D eigenvalue weighted by Crippen LogP contribution is 2.34. The van der Waals surface area contributed by atoms with Gasteiger partial charge >= 0.3 is 0 Å². The number of ether oxygens (including phenoxy) is 1. The lowest BCUT2D eigenvalue weighted by atomic mass is 10.0. The molecule has 1 aliphatic heterocycles. The number of hydrogen-bond donors (Lipinski definition) is 3. The minimum atomic E-state index is 0.0549. The van der Waals surface area contributed by atoms with E-state index in [1.54, 1.807) is 6.20 Å². The lowest BCUT2D eigenvalue weighted by Gasteiger charge is -2.06. The van der Waals surface area contributed by atoms with Crippen LogP contribution in [-0.2, 0) is 11.3 Å². The van der Waals surface area contributed by atoms with E-state index < -0.39 is 0 Å². The van der Waals surface area contributed by atoms with Crippen molar-refractivity contribution < 1.29 is 9.26 Å². The Morgan fingerprint density at radius 3 is 2.90 bits per heavy atom. The molecule has 0 radical (unpaired) electrons. The Hall–Kier alpha value is -2.94. The maximum atomic E-state index is 5.64. The normalized spacial score (nSPS) is 19.7. The van der Waals surface area contributed by atoms with Crippen molar-refractivity contribution in [1.82, 2.24) is 25.3 Å². The molecule has 3 aromatic rings. The second-order valence-corrected chi connectivity index (χ2v) is 7.65. The van der Waals surface area contributed by atoms with Crippen molar-refractivity contribution in [3.8, 4) is 0 Å². The summed E-state index contributed by atoms with van der Waals surface area (Å²) in [5.41, 5.74) is 2.05. The Labute approximate surface area is 168 Å². The number of nitrogens with zero attached hydrogens (tertiary/aromatic N) is 4. The van der Waals surface area contributed by atoms with Crippen LogP contribution in [-0.4, -0.2) is 31.9 Å². The molecule has 0 bridgehead atoms. The molecular weight excluding hydrogens is 370 g/mol. The van der Waals surface area contributed by atoms with E-state index in [0.717, 1.165) is 36.7 Å². The fourth-order valence-electron chi connectivity index (χ4n) is 4.03. The van der Waals surface area contributed by atoms with Gasteiger partial charge < -0.3 is 19.9 Å². The third-order valence-corrected chi connectivity index (χ3v) is 5.56. The molecule has 1 saturated carbocycles. The fourth-order valence-corrected chi connectivity index (χ4v) is 4.03. The molecule has 2 fully saturated rings. The van der Waals surface area contributed by atoms with Crippen LogP contribution in [0.15, 0.2) is 28.9 Å². The van der Waals surface area contributed by atoms with E-state index in [4.69, 9.17) is 9.26 Å². The van der Waals surface area contributed by atoms with Crippen LogP contribution in [0.2, 0.25) is 0 Å². The van der Waals surface area contributed by atoms with E-state index in [1.807, 2.05) is 12.1 Å². The smallest absolute Gasteiger partial charge is 0.224 e. The number of hydrogen-bond acceptors (Lipinski definition) is 8. The Morgan fingerprint density at radius 1 is 1.10 bits per heavy atom. The highest BCUT2D eigenvalue weighted by Gasteiger charge is 2.21. The zero-order valence-electron chi connectivity index (χ0n) is 16.2. The predicted octanol–water partition coefficient (Wildman–Crippen LogP) is 4.05. The molecule has 4 heterocycles. The summed E-state index contributed by atoms with van der Waals surface area (Å²) < 4.78 is 11.0. The molecule has 3 aromatic heterocycles. The van der Waals surface area contributed by atoms with Gasteiger partial charge in [0.15, 0.2) is 11.6 Å². The summed E-state index contributed by atoms with van der Waals surface area (Å²) in [4.78, 5) is 8.77. The molecule has 5 rings (SSSR count). The van der Waals surface area contributed by atoms with E-state index in [1.165, 1.54) is 31.4 Å². The number of anilines is 3. The minimum Gasteiger partial charge on any atom is -0.372 e. The van der Waals surface area contributed by atoms with E-state index in [-0.39, 0.29) is 6.10 Å². The number of aromatic nitrogens is 5. The minimum absolute atomic E-state index is 0.0549. The van der Waals surface area contributed by atoms with Gasteiger partial charge in [0.25, 0.3) is 0 Å². The third-order valence-electron chi connectivity index (χ3n) is 5.56. The summed E-state index contributed by atoms with van der Waals surface area (Å²) in [7, 11) is 0. The summed E-state index contributed by atoms with van der Waals surface area (Å²) in [6.45, 7) is 1.24. The molecule has 9 heteroatoms. The van der Waals surface area contributed by atoms with E-state index >= 15 is 0 Å². The topological polar surface area (TPSA) is 114 Å². The van der Waals surface area contributed by atoms with Crippen LogP contribution in [0.3, 0.4) is 0 Å². The van der Waals surface area contributed by atoms with Crippen LogP contribution in [0.1, 0.15) is 67.7 Å². The number of aromatic amines is 1. The largest absolute Gasteiger partial charge is 0.372 e. The number of rotatable bonds is 7. The molecule has 9 nitrogen and oxygen atoms in total. The van der Waals surface area contributed by atoms with Crippen molar-refractivity contribution in [2.24, 2.45) is 0 Å². The molecule has 3 N–H and O–H groups in total. The fraction of sp³-hybridized carbons (Fsp3) is 0.500. The Morgan fingerprint density at radius 2 is 2.03 bits per heavy atom. The molecule has 1 aliphatic carbocycles. The maximum Gasteiger partial charge on any atom is 0.224 e. The molecule has 0 aromatic carbocycles. The Bertz CT molecular complexity index is 942. The first-order valence-corrected chi connectivity index (χ1v) is 10.3. The first-order chi connectivity index (χ1) is 14.3. The summed E-state index contributed by atoms with van der Waals surface area (Å²) >= 11 is 0. The van der Waals surface area contributed by atoms with Crippen molar-refractivity contribution >= 4 is 17.6 Å². The van der Waals surface area contributed by atoms with E-state index in [0.29, 0.717) is 24.2 Å². The zero-order chi connectivity index (χ0) is 19.5. The molecule has 2 aliphatic rings. The SMILES string of the molecule is c1cc(Nc2cc(C3CCCC3)[nH]n2)nc(NCc2cc(C3CCCO3)no2)n1. The van der Waals surface area contributed by atoms with E-state index in [9.17, 15) is 0 Å². The van der Waals surface area contributed by atoms with Crippen molar-refractivity contribution in [3.05, 3.63) is 41.5 Å². The summed E-state index contributed by atoms with van der Waals surface area (Å²) in [5.74, 6) is 3.29. The molecule has 0 spiro atoms. The van der Waals surface area contributed by atoms with Gasteiger partial charge in [0.2, 0.25) is 5.95 Å². The average molecular weight is 395 g/mol. The van der Waals surface area contributed by atoms with Crippen LogP contribution in [0.5, 0.6) is 0 Å². The van der Waals surface area contributed by atoms with Crippen molar-refractivity contribution in [3.63, 3.8) is 0 Å². The first kappa shape index (κ1) is 18.1. The Balaban J connectivity index is 1.19. The van der Waals surface area contributed by atoms with Crippen molar-refractivity contribution in [2.45, 2.75) is 57.1 Å². The van der Waals surface area contributed by atoms with Gasteiger partial charge in [-0.15, -0.1) is 0 Å². The van der Waals surface area contributed by atoms with Gasteiger partial charge in [-0.1, -0.05) is 18.0 Å². The Kier molecular flexibility index (Phi) is 5.12. The predicted molar refractivity (Wildman–Crippen MR) is 107 cm³/mol. The van der Waals surface area contributed by atoms with Gasteiger partial charge in [-0.2, -0.15) is 10.1 Å². The highest BCUT2D eigenvalue weighted by atomic mass is 16.5. The first-order valence-electron chi connectivity index (χ1n) is 10.3. The van der Waals surface area contributed by atoms with Crippen LogP contribution < -0.4 is 10.6 Å². The summed E-state index contributed by atoms with van der Waals surface area (Å²) in [5, 5.41) is 18.1. The summed E-state index contributed by atoms with van der Waals surface area (Å²) in [6.07, 6.45) is 8.89. The molecular formula is C20H25N7O2. The van der Waals surface area contributed by atoms with E-state index in [2.05, 4.69) is 42.0 Å². The highest BCUT2D eigenvalue weighted by molar-refractivity contribution is 5.53. The monoisotopic (exact) mass is 395 g/mol.